The van der Waals surface area contributed by atoms with Gasteiger partial charge in [0.15, 0.2) is 0 Å². The van der Waals surface area contributed by atoms with E-state index < -0.39 is 0 Å². The van der Waals surface area contributed by atoms with E-state index in [9.17, 15) is 4.79 Å². The fraction of sp³-hybridized carbons (Fsp3) is 0.967. The molecule has 6 nitrogen and oxygen atoms in total. The number of carbonyl (C=O) groups is 1. The first-order valence-corrected chi connectivity index (χ1v) is 13.9. The van der Waals surface area contributed by atoms with Crippen LogP contribution >= 0.6 is 0 Å². The predicted molar refractivity (Wildman–Crippen MR) is 148 cm³/mol. The monoisotopic (exact) mass is 516 g/mol. The van der Waals surface area contributed by atoms with Gasteiger partial charge in [-0.15, -0.1) is 0 Å². The second-order valence-electron chi connectivity index (χ2n) is 13.4. The standard InChI is InChI=1S/C30H60O6/c1-15-25(31)33-20-21-34-28(9,10)17-19-35-29(11,12)27(7,8)22-24(4)36-30(13,14)26(5,6)16-18-32-23(2)3/h23-24H,15-22H2,1-14H3. The fourth-order valence-corrected chi connectivity index (χ4v) is 3.91. The van der Waals surface area contributed by atoms with Gasteiger partial charge in [0.1, 0.15) is 6.61 Å². The molecule has 0 spiro atoms. The van der Waals surface area contributed by atoms with E-state index in [4.69, 9.17) is 23.7 Å². The SMILES string of the molecule is CCC(=O)OCCOC(C)(C)CCOC(C)(C)C(C)(C)CC(C)OC(C)(C)C(C)(C)CCOC(C)C. The highest BCUT2D eigenvalue weighted by Gasteiger charge is 2.43. The Balaban J connectivity index is 4.80. The zero-order chi connectivity index (χ0) is 28.4. The molecule has 0 fully saturated rings. The first-order chi connectivity index (χ1) is 16.2. The number of hydrogen-bond donors (Lipinski definition) is 0. The van der Waals surface area contributed by atoms with Crippen LogP contribution in [0.25, 0.3) is 0 Å². The molecule has 0 N–H and O–H groups in total. The third-order valence-electron chi connectivity index (χ3n) is 8.03. The van der Waals surface area contributed by atoms with Crippen LogP contribution in [0.5, 0.6) is 0 Å². The van der Waals surface area contributed by atoms with E-state index in [2.05, 4.69) is 76.2 Å². The summed E-state index contributed by atoms with van der Waals surface area (Å²) in [6.07, 6.45) is 3.28. The van der Waals surface area contributed by atoms with Gasteiger partial charge in [0.25, 0.3) is 0 Å². The van der Waals surface area contributed by atoms with Crippen molar-refractivity contribution >= 4 is 5.97 Å². The smallest absolute Gasteiger partial charge is 0.305 e. The summed E-state index contributed by atoms with van der Waals surface area (Å²) in [4.78, 5) is 11.3. The van der Waals surface area contributed by atoms with Gasteiger partial charge in [-0.25, -0.2) is 0 Å². The molecule has 0 saturated heterocycles. The molecule has 1 unspecified atom stereocenters. The van der Waals surface area contributed by atoms with Gasteiger partial charge in [-0.3, -0.25) is 4.79 Å². The van der Waals surface area contributed by atoms with E-state index in [-0.39, 0.29) is 52.4 Å². The van der Waals surface area contributed by atoms with Gasteiger partial charge in [0.05, 0.1) is 42.2 Å². The predicted octanol–water partition coefficient (Wildman–Crippen LogP) is 7.36. The highest BCUT2D eigenvalue weighted by molar-refractivity contribution is 5.68. The average Bonchev–Trinajstić information content (AvgIpc) is 2.69. The number of hydrogen-bond acceptors (Lipinski definition) is 6. The van der Waals surface area contributed by atoms with Gasteiger partial charge < -0.3 is 23.7 Å². The molecule has 0 aromatic rings. The van der Waals surface area contributed by atoms with Crippen molar-refractivity contribution < 1.29 is 28.5 Å². The number of carbonyl (C=O) groups excluding carboxylic acids is 1. The topological polar surface area (TPSA) is 63.2 Å². The van der Waals surface area contributed by atoms with Crippen molar-refractivity contribution in [2.24, 2.45) is 10.8 Å². The molecule has 0 aliphatic carbocycles. The molecule has 0 radical (unpaired) electrons. The van der Waals surface area contributed by atoms with Crippen molar-refractivity contribution in [3.63, 3.8) is 0 Å². The summed E-state index contributed by atoms with van der Waals surface area (Å²) < 4.78 is 29.9. The normalized spacial score (nSPS) is 14.9. The lowest BCUT2D eigenvalue weighted by atomic mass is 9.72. The van der Waals surface area contributed by atoms with Crippen LogP contribution in [0.1, 0.15) is 123 Å². The first-order valence-electron chi connectivity index (χ1n) is 13.9. The highest BCUT2D eigenvalue weighted by atomic mass is 16.6. The molecular weight excluding hydrogens is 456 g/mol. The van der Waals surface area contributed by atoms with E-state index >= 15 is 0 Å². The molecule has 0 bridgehead atoms. The number of rotatable bonds is 19. The van der Waals surface area contributed by atoms with E-state index in [1.807, 2.05) is 13.8 Å². The largest absolute Gasteiger partial charge is 0.463 e. The summed E-state index contributed by atoms with van der Waals surface area (Å²) in [5, 5.41) is 0. The summed E-state index contributed by atoms with van der Waals surface area (Å²) >= 11 is 0. The molecule has 0 aromatic carbocycles. The summed E-state index contributed by atoms with van der Waals surface area (Å²) in [6.45, 7) is 31.9. The van der Waals surface area contributed by atoms with Crippen molar-refractivity contribution in [2.75, 3.05) is 26.4 Å². The van der Waals surface area contributed by atoms with Crippen molar-refractivity contribution in [1.82, 2.24) is 0 Å². The average molecular weight is 517 g/mol. The zero-order valence-electron chi connectivity index (χ0n) is 26.3. The van der Waals surface area contributed by atoms with E-state index in [0.717, 1.165) is 25.9 Å². The van der Waals surface area contributed by atoms with Crippen LogP contribution in [0.4, 0.5) is 0 Å². The van der Waals surface area contributed by atoms with Crippen LogP contribution in [0, 0.1) is 10.8 Å². The number of ether oxygens (including phenoxy) is 5. The first kappa shape index (κ1) is 35.3. The molecule has 216 valence electrons. The molecule has 0 heterocycles. The lowest BCUT2D eigenvalue weighted by molar-refractivity contribution is -0.169. The van der Waals surface area contributed by atoms with Crippen LogP contribution in [0.3, 0.4) is 0 Å². The number of esters is 1. The van der Waals surface area contributed by atoms with Gasteiger partial charge in [-0.2, -0.15) is 0 Å². The molecule has 6 heteroatoms. The maximum atomic E-state index is 11.3. The Bertz CT molecular complexity index is 633. The third kappa shape index (κ3) is 12.7. The fourth-order valence-electron chi connectivity index (χ4n) is 3.91. The van der Waals surface area contributed by atoms with E-state index in [1.165, 1.54) is 0 Å². The summed E-state index contributed by atoms with van der Waals surface area (Å²) in [6, 6.07) is 0. The van der Waals surface area contributed by atoms with Crippen molar-refractivity contribution in [1.29, 1.82) is 0 Å². The highest BCUT2D eigenvalue weighted by Crippen LogP contribution is 2.42. The Hall–Kier alpha value is -0.690. The Morgan fingerprint density at radius 1 is 0.694 bits per heavy atom. The van der Waals surface area contributed by atoms with Crippen molar-refractivity contribution in [3.05, 3.63) is 0 Å². The molecule has 0 saturated carbocycles. The Labute approximate surface area is 223 Å². The molecular formula is C30H60O6. The van der Waals surface area contributed by atoms with Crippen LogP contribution < -0.4 is 0 Å². The molecule has 0 aromatic heterocycles. The second-order valence-corrected chi connectivity index (χ2v) is 13.4. The molecule has 0 rings (SSSR count). The maximum absolute atomic E-state index is 11.3. The quantitative estimate of drug-likeness (QED) is 0.132. The third-order valence-corrected chi connectivity index (χ3v) is 8.03. The minimum Gasteiger partial charge on any atom is -0.463 e. The second kappa shape index (κ2) is 14.5. The van der Waals surface area contributed by atoms with Gasteiger partial charge >= 0.3 is 5.97 Å². The molecule has 0 amide bonds. The minimum atomic E-state index is -0.357. The Morgan fingerprint density at radius 2 is 1.28 bits per heavy atom. The van der Waals surface area contributed by atoms with E-state index in [0.29, 0.717) is 19.6 Å². The Kier molecular flexibility index (Phi) is 14.2. The molecule has 0 aliphatic heterocycles. The molecule has 1 atom stereocenters. The zero-order valence-corrected chi connectivity index (χ0v) is 26.3. The van der Waals surface area contributed by atoms with Crippen molar-refractivity contribution in [3.8, 4) is 0 Å². The van der Waals surface area contributed by atoms with Gasteiger partial charge in [-0.1, -0.05) is 34.6 Å². The van der Waals surface area contributed by atoms with E-state index in [1.54, 1.807) is 6.92 Å². The maximum Gasteiger partial charge on any atom is 0.305 e. The lowest BCUT2D eigenvalue weighted by Crippen LogP contribution is -2.48. The minimum absolute atomic E-state index is 0.0211. The van der Waals surface area contributed by atoms with Gasteiger partial charge in [0, 0.05) is 13.0 Å². The molecule has 0 aliphatic rings. The summed E-state index contributed by atoms with van der Waals surface area (Å²) in [7, 11) is 0. The van der Waals surface area contributed by atoms with Crippen LogP contribution in [0.2, 0.25) is 0 Å². The summed E-state index contributed by atoms with van der Waals surface area (Å²) in [5.41, 5.74) is -1.12. The van der Waals surface area contributed by atoms with Crippen LogP contribution in [-0.4, -0.2) is 61.4 Å². The summed E-state index contributed by atoms with van der Waals surface area (Å²) in [5.74, 6) is -0.200. The van der Waals surface area contributed by atoms with Gasteiger partial charge in [-0.05, 0) is 92.4 Å². The van der Waals surface area contributed by atoms with Crippen LogP contribution in [-0.2, 0) is 28.5 Å². The Morgan fingerprint density at radius 3 is 1.81 bits per heavy atom. The molecule has 36 heavy (non-hydrogen) atoms. The van der Waals surface area contributed by atoms with Gasteiger partial charge in [0.2, 0.25) is 0 Å². The van der Waals surface area contributed by atoms with Crippen molar-refractivity contribution in [2.45, 2.75) is 152 Å². The lowest BCUT2D eigenvalue weighted by Gasteiger charge is -2.47. The van der Waals surface area contributed by atoms with Crippen LogP contribution in [0.15, 0.2) is 0 Å².